The third-order valence-corrected chi connectivity index (χ3v) is 7.99. The van der Waals surface area contributed by atoms with Crippen molar-refractivity contribution < 1.29 is 19.8 Å². The Hall–Kier alpha value is 0.00494. The highest BCUT2D eigenvalue weighted by molar-refractivity contribution is 5.76. The third-order valence-electron chi connectivity index (χ3n) is 7.99. The van der Waals surface area contributed by atoms with Crippen molar-refractivity contribution in [1.29, 1.82) is 0 Å². The molecule has 2 N–H and O–H groups in total. The van der Waals surface area contributed by atoms with Crippen LogP contribution < -0.4 is 0 Å². The van der Waals surface area contributed by atoms with Crippen LogP contribution in [0.5, 0.6) is 0 Å². The summed E-state index contributed by atoms with van der Waals surface area (Å²) in [5, 5.41) is 17.0. The molecule has 4 nitrogen and oxygen atoms in total. The zero-order valence-corrected chi connectivity index (χ0v) is 27.3. The summed E-state index contributed by atoms with van der Waals surface area (Å²) in [7, 11) is 0. The standard InChI is InChI=1S/2C18H36O2.2Al.6H/c2*1-2-3-4-5-6-7-8-9-10-11-12-13-14-15-16-17-18(19)20;;;;;;;;/h2*2-17H2,1H3,(H,19,20);;;;;;;;. The molecular formula is C36H78Al2O4. The Labute approximate surface area is 284 Å². The molecule has 0 radical (unpaired) electrons. The van der Waals surface area contributed by atoms with Gasteiger partial charge in [-0.15, -0.1) is 0 Å². The maximum atomic E-state index is 10.3. The van der Waals surface area contributed by atoms with E-state index in [2.05, 4.69) is 13.8 Å². The van der Waals surface area contributed by atoms with Gasteiger partial charge in [-0.2, -0.15) is 0 Å². The zero-order valence-electron chi connectivity index (χ0n) is 27.3. The van der Waals surface area contributed by atoms with Gasteiger partial charge in [0.05, 0.1) is 0 Å². The van der Waals surface area contributed by atoms with Crippen LogP contribution in [0.3, 0.4) is 0 Å². The van der Waals surface area contributed by atoms with Crippen molar-refractivity contribution in [3.63, 3.8) is 0 Å². The van der Waals surface area contributed by atoms with Crippen molar-refractivity contribution in [1.82, 2.24) is 0 Å². The first-order valence-corrected chi connectivity index (χ1v) is 18.0. The molecule has 252 valence electrons. The van der Waals surface area contributed by atoms with E-state index in [0.29, 0.717) is 12.8 Å². The highest BCUT2D eigenvalue weighted by atomic mass is 27.0. The van der Waals surface area contributed by atoms with Gasteiger partial charge in [0.25, 0.3) is 0 Å². The van der Waals surface area contributed by atoms with E-state index in [-0.39, 0.29) is 34.7 Å². The number of carboxylic acids is 2. The number of rotatable bonds is 32. The molecule has 0 atom stereocenters. The molecule has 0 aliphatic carbocycles. The maximum Gasteiger partial charge on any atom is 0.303 e. The third kappa shape index (κ3) is 52.6. The van der Waals surface area contributed by atoms with Gasteiger partial charge in [-0.1, -0.05) is 194 Å². The second kappa shape index (κ2) is 45.4. The van der Waals surface area contributed by atoms with Gasteiger partial charge in [-0.05, 0) is 12.8 Å². The summed E-state index contributed by atoms with van der Waals surface area (Å²) >= 11 is 0. The van der Waals surface area contributed by atoms with Crippen molar-refractivity contribution >= 4 is 46.7 Å². The highest BCUT2D eigenvalue weighted by Gasteiger charge is 1.98. The number of hydrogen-bond donors (Lipinski definition) is 2. The summed E-state index contributed by atoms with van der Waals surface area (Å²) in [6.07, 6.45) is 40.4. The largest absolute Gasteiger partial charge is 0.481 e. The average molecular weight is 629 g/mol. The minimum Gasteiger partial charge on any atom is -0.481 e. The van der Waals surface area contributed by atoms with Crippen molar-refractivity contribution in [2.45, 2.75) is 219 Å². The number of carbonyl (C=O) groups is 2. The van der Waals surface area contributed by atoms with Crippen LogP contribution in [0.2, 0.25) is 0 Å². The number of unbranched alkanes of at least 4 members (excludes halogenated alkanes) is 28. The summed E-state index contributed by atoms with van der Waals surface area (Å²) in [4.78, 5) is 20.7. The lowest BCUT2D eigenvalue weighted by Crippen LogP contribution is -1.93. The minimum atomic E-state index is -0.653. The fraction of sp³-hybridized carbons (Fsp3) is 0.944. The highest BCUT2D eigenvalue weighted by Crippen LogP contribution is 2.15. The Bertz CT molecular complexity index is 459. The molecule has 0 spiro atoms. The Morgan fingerprint density at radius 1 is 0.310 bits per heavy atom. The smallest absolute Gasteiger partial charge is 0.303 e. The zero-order chi connectivity index (χ0) is 29.8. The van der Waals surface area contributed by atoms with E-state index < -0.39 is 11.9 Å². The first-order valence-electron chi connectivity index (χ1n) is 18.0. The molecule has 0 saturated heterocycles. The first kappa shape index (κ1) is 48.9. The van der Waals surface area contributed by atoms with Crippen molar-refractivity contribution in [3.8, 4) is 0 Å². The lowest BCUT2D eigenvalue weighted by molar-refractivity contribution is -0.138. The van der Waals surface area contributed by atoms with Gasteiger partial charge in [0.2, 0.25) is 0 Å². The monoisotopic (exact) mass is 629 g/mol. The molecule has 0 rings (SSSR count). The summed E-state index contributed by atoms with van der Waals surface area (Å²) in [6.45, 7) is 4.54. The van der Waals surface area contributed by atoms with Crippen LogP contribution in [0.15, 0.2) is 0 Å². The van der Waals surface area contributed by atoms with Crippen LogP contribution in [0.1, 0.15) is 219 Å². The van der Waals surface area contributed by atoms with Gasteiger partial charge in [0.1, 0.15) is 0 Å². The Balaban J connectivity index is -0.000000328. The molecule has 42 heavy (non-hydrogen) atoms. The van der Waals surface area contributed by atoms with Gasteiger partial charge < -0.3 is 10.2 Å². The molecule has 0 heterocycles. The van der Waals surface area contributed by atoms with E-state index in [1.165, 1.54) is 167 Å². The molecule has 6 heteroatoms. The molecule has 0 saturated carbocycles. The first-order chi connectivity index (χ1) is 19.5. The molecule has 0 amide bonds. The predicted octanol–water partition coefficient (Wildman–Crippen LogP) is 10.3. The van der Waals surface area contributed by atoms with Crippen LogP contribution in [-0.4, -0.2) is 56.9 Å². The fourth-order valence-corrected chi connectivity index (χ4v) is 5.30. The van der Waals surface area contributed by atoms with Gasteiger partial charge >= 0.3 is 11.9 Å². The van der Waals surface area contributed by atoms with Crippen molar-refractivity contribution in [2.24, 2.45) is 0 Å². The second-order valence-electron chi connectivity index (χ2n) is 12.2. The SMILES string of the molecule is CCCCCCCCCCCCCCCCCC(=O)O.CCCCCCCCCCCCCCCCCC(=O)O.[AlH3].[AlH3]. The maximum absolute atomic E-state index is 10.3. The lowest BCUT2D eigenvalue weighted by atomic mass is 10.0. The van der Waals surface area contributed by atoms with Crippen molar-refractivity contribution in [2.75, 3.05) is 0 Å². The van der Waals surface area contributed by atoms with Gasteiger partial charge in [0.15, 0.2) is 34.7 Å². The Morgan fingerprint density at radius 3 is 0.595 bits per heavy atom. The van der Waals surface area contributed by atoms with Gasteiger partial charge in [-0.25, -0.2) is 0 Å². The van der Waals surface area contributed by atoms with E-state index >= 15 is 0 Å². The van der Waals surface area contributed by atoms with E-state index in [1.807, 2.05) is 0 Å². The molecule has 0 aromatic heterocycles. The fourth-order valence-electron chi connectivity index (χ4n) is 5.30. The number of aliphatic carboxylic acids is 2. The normalized spacial score (nSPS) is 10.3. The Morgan fingerprint density at radius 2 is 0.452 bits per heavy atom. The van der Waals surface area contributed by atoms with Crippen molar-refractivity contribution in [3.05, 3.63) is 0 Å². The van der Waals surface area contributed by atoms with Crippen LogP contribution in [-0.2, 0) is 9.59 Å². The molecule has 0 fully saturated rings. The molecular weight excluding hydrogens is 550 g/mol. The van der Waals surface area contributed by atoms with E-state index in [0.717, 1.165) is 25.7 Å². The topological polar surface area (TPSA) is 74.6 Å². The minimum absolute atomic E-state index is 0. The summed E-state index contributed by atoms with van der Waals surface area (Å²) in [5.41, 5.74) is 0. The molecule has 0 unspecified atom stereocenters. The Kier molecular flexibility index (Phi) is 52.9. The number of carboxylic acid groups (broad SMARTS) is 2. The van der Waals surface area contributed by atoms with Crippen LogP contribution in [0.4, 0.5) is 0 Å². The molecule has 0 aromatic rings. The molecule has 0 aliphatic heterocycles. The van der Waals surface area contributed by atoms with E-state index in [1.54, 1.807) is 0 Å². The average Bonchev–Trinajstić information content (AvgIpc) is 2.93. The summed E-state index contributed by atoms with van der Waals surface area (Å²) in [5.74, 6) is -1.31. The quantitative estimate of drug-likeness (QED) is 0.0574. The van der Waals surface area contributed by atoms with E-state index in [4.69, 9.17) is 10.2 Å². The summed E-state index contributed by atoms with van der Waals surface area (Å²) < 4.78 is 0. The van der Waals surface area contributed by atoms with Gasteiger partial charge in [-0.3, -0.25) is 9.59 Å². The van der Waals surface area contributed by atoms with Crippen LogP contribution >= 0.6 is 0 Å². The second-order valence-corrected chi connectivity index (χ2v) is 12.2. The predicted molar refractivity (Wildman–Crippen MR) is 194 cm³/mol. The van der Waals surface area contributed by atoms with E-state index in [9.17, 15) is 9.59 Å². The molecule has 0 bridgehead atoms. The molecule has 0 aliphatic rings. The van der Waals surface area contributed by atoms with Crippen LogP contribution in [0, 0.1) is 0 Å². The summed E-state index contributed by atoms with van der Waals surface area (Å²) in [6, 6.07) is 0. The van der Waals surface area contributed by atoms with Gasteiger partial charge in [0, 0.05) is 12.8 Å². The van der Waals surface area contributed by atoms with Crippen LogP contribution in [0.25, 0.3) is 0 Å². The molecule has 0 aromatic carbocycles. The number of hydrogen-bond acceptors (Lipinski definition) is 2. The lowest BCUT2D eigenvalue weighted by Gasteiger charge is -2.03.